The third kappa shape index (κ3) is 3.17. The molecule has 0 fully saturated rings. The second-order valence-electron chi connectivity index (χ2n) is 5.82. The van der Waals surface area contributed by atoms with Gasteiger partial charge in [-0.3, -0.25) is 4.79 Å². The number of hydrogen-bond acceptors (Lipinski definition) is 5. The quantitative estimate of drug-likeness (QED) is 0.663. The van der Waals surface area contributed by atoms with Crippen LogP contribution in [-0.2, 0) is 17.4 Å². The number of thioether (sulfide) groups is 1. The van der Waals surface area contributed by atoms with Crippen molar-refractivity contribution in [3.63, 3.8) is 0 Å². The van der Waals surface area contributed by atoms with Crippen LogP contribution in [0.5, 0.6) is 0 Å². The molecular weight excluding hydrogens is 355 g/mol. The number of amides is 1. The fourth-order valence-corrected chi connectivity index (χ4v) is 3.68. The van der Waals surface area contributed by atoms with E-state index in [-0.39, 0.29) is 17.1 Å². The number of anilines is 1. The third-order valence-corrected chi connectivity index (χ3v) is 5.04. The first kappa shape index (κ1) is 17.6. The minimum atomic E-state index is -4.70. The van der Waals surface area contributed by atoms with Gasteiger partial charge in [0.25, 0.3) is 5.82 Å². The van der Waals surface area contributed by atoms with Gasteiger partial charge >= 0.3 is 6.18 Å². The zero-order valence-corrected chi connectivity index (χ0v) is 14.3. The van der Waals surface area contributed by atoms with E-state index in [1.807, 2.05) is 31.2 Å². The summed E-state index contributed by atoms with van der Waals surface area (Å²) in [6, 6.07) is 7.56. The number of carbonyl (C=O) groups is 1. The number of carbonyl (C=O) groups excluding carboxylic acids is 1. The molecule has 0 bridgehead atoms. The fraction of sp³-hybridized carbons (Fsp3) is 0.400. The Balaban J connectivity index is 1.79. The molecule has 0 unspecified atom stereocenters. The molecule has 6 nitrogen and oxygen atoms in total. The molecule has 1 amide bonds. The van der Waals surface area contributed by atoms with Crippen molar-refractivity contribution in [2.24, 2.45) is 0 Å². The standard InChI is InChI=1S/C15H16F3N5OS/c1-8-7-10-5-3-4-6-11(10)22(8)12(24)9(2)25-14-21-20-13(23(14)19)15(16,17)18/h3-6,8-9H,7,19H2,1-2H3/t8-,9+/m1/s1. The molecule has 2 atom stereocenters. The Labute approximate surface area is 146 Å². The van der Waals surface area contributed by atoms with Gasteiger partial charge in [-0.05, 0) is 31.9 Å². The molecule has 134 valence electrons. The van der Waals surface area contributed by atoms with E-state index in [1.165, 1.54) is 0 Å². The molecule has 1 aliphatic heterocycles. The van der Waals surface area contributed by atoms with E-state index in [2.05, 4.69) is 10.2 Å². The Morgan fingerprint density at radius 1 is 1.36 bits per heavy atom. The van der Waals surface area contributed by atoms with Gasteiger partial charge in [0.05, 0.1) is 5.25 Å². The lowest BCUT2D eigenvalue weighted by atomic mass is 10.1. The Bertz CT molecular complexity index is 807. The van der Waals surface area contributed by atoms with E-state index in [0.717, 1.165) is 29.4 Å². The Morgan fingerprint density at radius 3 is 2.68 bits per heavy atom. The average Bonchev–Trinajstić information content (AvgIpc) is 3.06. The predicted molar refractivity (Wildman–Crippen MR) is 87.6 cm³/mol. The van der Waals surface area contributed by atoms with Gasteiger partial charge in [-0.1, -0.05) is 30.0 Å². The number of nitrogens with two attached hydrogens (primary N) is 1. The van der Waals surface area contributed by atoms with Gasteiger partial charge in [0.15, 0.2) is 0 Å². The number of hydrogen-bond donors (Lipinski definition) is 1. The van der Waals surface area contributed by atoms with Crippen LogP contribution in [0, 0.1) is 0 Å². The van der Waals surface area contributed by atoms with Crippen LogP contribution in [0.15, 0.2) is 29.4 Å². The van der Waals surface area contributed by atoms with Gasteiger partial charge in [-0.25, -0.2) is 4.68 Å². The van der Waals surface area contributed by atoms with E-state index >= 15 is 0 Å². The highest BCUT2D eigenvalue weighted by atomic mass is 32.2. The van der Waals surface area contributed by atoms with E-state index in [9.17, 15) is 18.0 Å². The van der Waals surface area contributed by atoms with Crippen LogP contribution in [0.4, 0.5) is 18.9 Å². The minimum absolute atomic E-state index is 0.0190. The Morgan fingerprint density at radius 2 is 2.04 bits per heavy atom. The summed E-state index contributed by atoms with van der Waals surface area (Å²) in [5.41, 5.74) is 1.90. The van der Waals surface area contributed by atoms with Crippen molar-refractivity contribution in [2.75, 3.05) is 10.7 Å². The van der Waals surface area contributed by atoms with Crippen LogP contribution in [0.1, 0.15) is 25.2 Å². The normalized spacial score (nSPS) is 18.3. The lowest BCUT2D eigenvalue weighted by Crippen LogP contribution is -2.40. The lowest BCUT2D eigenvalue weighted by molar-refractivity contribution is -0.146. The number of halogens is 3. The van der Waals surface area contributed by atoms with E-state index in [0.29, 0.717) is 4.68 Å². The van der Waals surface area contributed by atoms with Crippen LogP contribution in [0.2, 0.25) is 0 Å². The molecule has 0 spiro atoms. The topological polar surface area (TPSA) is 77.0 Å². The first-order valence-corrected chi connectivity index (χ1v) is 8.43. The van der Waals surface area contributed by atoms with Crippen molar-refractivity contribution in [1.82, 2.24) is 14.9 Å². The smallest absolute Gasteiger partial charge is 0.335 e. The first-order chi connectivity index (χ1) is 11.7. The highest BCUT2D eigenvalue weighted by Gasteiger charge is 2.39. The largest absolute Gasteiger partial charge is 0.453 e. The molecule has 10 heteroatoms. The van der Waals surface area contributed by atoms with Crippen LogP contribution < -0.4 is 10.7 Å². The van der Waals surface area contributed by atoms with Crippen molar-refractivity contribution in [3.05, 3.63) is 35.7 Å². The van der Waals surface area contributed by atoms with E-state index < -0.39 is 17.3 Å². The average molecular weight is 371 g/mol. The molecule has 1 aliphatic rings. The van der Waals surface area contributed by atoms with Gasteiger partial charge in [0.2, 0.25) is 11.1 Å². The maximum atomic E-state index is 12.8. The van der Waals surface area contributed by atoms with Gasteiger partial charge in [-0.15, -0.1) is 10.2 Å². The molecule has 0 aliphatic carbocycles. The summed E-state index contributed by atoms with van der Waals surface area (Å²) in [5, 5.41) is 5.70. The van der Waals surface area contributed by atoms with Crippen molar-refractivity contribution in [1.29, 1.82) is 0 Å². The maximum absolute atomic E-state index is 12.8. The predicted octanol–water partition coefficient (Wildman–Crippen LogP) is 2.47. The summed E-state index contributed by atoms with van der Waals surface area (Å²) in [6.07, 6.45) is -3.96. The molecule has 0 saturated carbocycles. The number of rotatable bonds is 3. The number of fused-ring (bicyclic) bond motifs is 1. The van der Waals surface area contributed by atoms with Crippen molar-refractivity contribution in [2.45, 2.75) is 42.9 Å². The summed E-state index contributed by atoms with van der Waals surface area (Å²) in [5.74, 6) is 3.92. The van der Waals surface area contributed by atoms with Crippen LogP contribution in [0.25, 0.3) is 0 Å². The van der Waals surface area contributed by atoms with Crippen LogP contribution in [0.3, 0.4) is 0 Å². The van der Waals surface area contributed by atoms with Crippen LogP contribution in [-0.4, -0.2) is 32.1 Å². The SMILES string of the molecule is C[C@H](Sc1nnc(C(F)(F)F)n1N)C(=O)N1c2ccccc2C[C@H]1C. The zero-order chi connectivity index (χ0) is 18.4. The van der Waals surface area contributed by atoms with Gasteiger partial charge in [0, 0.05) is 11.7 Å². The molecule has 0 saturated heterocycles. The molecule has 0 radical (unpaired) electrons. The maximum Gasteiger partial charge on any atom is 0.453 e. The van der Waals surface area contributed by atoms with E-state index in [4.69, 9.17) is 5.84 Å². The summed E-state index contributed by atoms with van der Waals surface area (Å²) < 4.78 is 38.6. The molecule has 1 aromatic heterocycles. The number of nitrogens with zero attached hydrogens (tertiary/aromatic N) is 4. The second-order valence-corrected chi connectivity index (χ2v) is 7.13. The van der Waals surface area contributed by atoms with Crippen molar-refractivity contribution in [3.8, 4) is 0 Å². The molecule has 2 aromatic rings. The minimum Gasteiger partial charge on any atom is -0.335 e. The van der Waals surface area contributed by atoms with Crippen molar-refractivity contribution >= 4 is 23.4 Å². The van der Waals surface area contributed by atoms with Crippen molar-refractivity contribution < 1.29 is 18.0 Å². The lowest BCUT2D eigenvalue weighted by Gasteiger charge is -2.25. The number of para-hydroxylation sites is 1. The molecule has 2 heterocycles. The Hall–Kier alpha value is -2.23. The molecular formula is C15H16F3N5OS. The molecule has 3 rings (SSSR count). The van der Waals surface area contributed by atoms with Gasteiger partial charge in [-0.2, -0.15) is 13.2 Å². The summed E-state index contributed by atoms with van der Waals surface area (Å²) in [6.45, 7) is 3.55. The molecule has 25 heavy (non-hydrogen) atoms. The van der Waals surface area contributed by atoms with E-state index in [1.54, 1.807) is 11.8 Å². The number of nitrogen functional groups attached to an aromatic ring is 1. The summed E-state index contributed by atoms with van der Waals surface area (Å²) >= 11 is 0.852. The van der Waals surface area contributed by atoms with Crippen LogP contribution >= 0.6 is 11.8 Å². The summed E-state index contributed by atoms with van der Waals surface area (Å²) in [7, 11) is 0. The zero-order valence-electron chi connectivity index (χ0n) is 13.5. The number of benzene rings is 1. The van der Waals surface area contributed by atoms with Gasteiger partial charge < -0.3 is 10.7 Å². The summed E-state index contributed by atoms with van der Waals surface area (Å²) in [4.78, 5) is 14.5. The first-order valence-electron chi connectivity index (χ1n) is 7.55. The molecule has 2 N–H and O–H groups in total. The highest BCUT2D eigenvalue weighted by molar-refractivity contribution is 8.00. The highest BCUT2D eigenvalue weighted by Crippen LogP contribution is 2.35. The monoisotopic (exact) mass is 371 g/mol. The third-order valence-electron chi connectivity index (χ3n) is 3.99. The number of alkyl halides is 3. The second kappa shape index (κ2) is 6.25. The fourth-order valence-electron chi connectivity index (χ4n) is 2.86. The number of aromatic nitrogens is 3. The van der Waals surface area contributed by atoms with Gasteiger partial charge in [0.1, 0.15) is 0 Å². The molecule has 1 aromatic carbocycles. The Kier molecular flexibility index (Phi) is 4.40.